The Labute approximate surface area is 105 Å². The van der Waals surface area contributed by atoms with Gasteiger partial charge in [-0.3, -0.25) is 0 Å². The summed E-state index contributed by atoms with van der Waals surface area (Å²) >= 11 is 0. The molecule has 0 aromatic carbocycles. The van der Waals surface area contributed by atoms with Crippen LogP contribution in [0, 0.1) is 0 Å². The largest absolute Gasteiger partial charge is 0.444 e. The van der Waals surface area contributed by atoms with E-state index in [0.717, 1.165) is 19.3 Å². The standard InChI is InChI=1S/C13H27NO3/c1-6-7-8-9-11(15)10(2)14-12(16)17-13(3,4)5/h10-11,15H,6-9H2,1-5H3,(H,14,16). The van der Waals surface area contributed by atoms with Crippen molar-refractivity contribution in [2.75, 3.05) is 0 Å². The lowest BCUT2D eigenvalue weighted by molar-refractivity contribution is 0.0426. The van der Waals surface area contributed by atoms with Gasteiger partial charge in [0.1, 0.15) is 5.60 Å². The first-order chi connectivity index (χ1) is 7.76. The summed E-state index contributed by atoms with van der Waals surface area (Å²) in [5.74, 6) is 0. The third-order valence-corrected chi connectivity index (χ3v) is 2.43. The smallest absolute Gasteiger partial charge is 0.407 e. The molecule has 17 heavy (non-hydrogen) atoms. The molecule has 0 aromatic rings. The molecule has 0 spiro atoms. The lowest BCUT2D eigenvalue weighted by Gasteiger charge is -2.24. The fourth-order valence-electron chi connectivity index (χ4n) is 1.44. The van der Waals surface area contributed by atoms with E-state index in [0.29, 0.717) is 6.42 Å². The summed E-state index contributed by atoms with van der Waals surface area (Å²) in [6, 6.07) is -0.276. The van der Waals surface area contributed by atoms with E-state index in [2.05, 4.69) is 12.2 Å². The normalized spacial score (nSPS) is 15.2. The van der Waals surface area contributed by atoms with Gasteiger partial charge in [0, 0.05) is 0 Å². The van der Waals surface area contributed by atoms with E-state index in [1.54, 1.807) is 6.92 Å². The van der Waals surface area contributed by atoms with Crippen LogP contribution in [-0.2, 0) is 4.74 Å². The zero-order valence-electron chi connectivity index (χ0n) is 11.7. The van der Waals surface area contributed by atoms with Crippen molar-refractivity contribution in [1.29, 1.82) is 0 Å². The molecule has 0 bridgehead atoms. The number of unbranched alkanes of at least 4 members (excludes halogenated alkanes) is 2. The molecule has 0 aromatic heterocycles. The summed E-state index contributed by atoms with van der Waals surface area (Å²) in [6.45, 7) is 9.36. The van der Waals surface area contributed by atoms with Crippen LogP contribution in [0.15, 0.2) is 0 Å². The number of carbonyl (C=O) groups is 1. The molecule has 4 heteroatoms. The molecule has 4 nitrogen and oxygen atoms in total. The third kappa shape index (κ3) is 8.98. The zero-order valence-corrected chi connectivity index (χ0v) is 11.7. The molecular formula is C13H27NO3. The van der Waals surface area contributed by atoms with E-state index in [1.165, 1.54) is 0 Å². The van der Waals surface area contributed by atoms with Gasteiger partial charge in [0.05, 0.1) is 12.1 Å². The van der Waals surface area contributed by atoms with Gasteiger partial charge in [-0.05, 0) is 34.1 Å². The highest BCUT2D eigenvalue weighted by molar-refractivity contribution is 5.68. The molecule has 102 valence electrons. The van der Waals surface area contributed by atoms with Crippen molar-refractivity contribution in [3.8, 4) is 0 Å². The van der Waals surface area contributed by atoms with E-state index >= 15 is 0 Å². The SMILES string of the molecule is CCCCCC(O)C(C)NC(=O)OC(C)(C)C. The van der Waals surface area contributed by atoms with Crippen molar-refractivity contribution >= 4 is 6.09 Å². The number of aliphatic hydroxyl groups is 1. The van der Waals surface area contributed by atoms with E-state index < -0.39 is 17.8 Å². The van der Waals surface area contributed by atoms with Gasteiger partial charge in [0.15, 0.2) is 0 Å². The Balaban J connectivity index is 3.90. The maximum absolute atomic E-state index is 11.5. The Morgan fingerprint density at radius 1 is 1.35 bits per heavy atom. The minimum Gasteiger partial charge on any atom is -0.444 e. The summed E-state index contributed by atoms with van der Waals surface area (Å²) in [5, 5.41) is 12.5. The molecule has 0 aliphatic rings. The molecule has 0 saturated heterocycles. The van der Waals surface area contributed by atoms with E-state index in [4.69, 9.17) is 4.74 Å². The van der Waals surface area contributed by atoms with Gasteiger partial charge in [-0.15, -0.1) is 0 Å². The molecule has 0 fully saturated rings. The molecule has 0 radical (unpaired) electrons. The number of ether oxygens (including phenoxy) is 1. The minimum absolute atomic E-state index is 0.276. The number of hydrogen-bond donors (Lipinski definition) is 2. The van der Waals surface area contributed by atoms with E-state index in [-0.39, 0.29) is 6.04 Å². The molecule has 2 unspecified atom stereocenters. The van der Waals surface area contributed by atoms with Gasteiger partial charge in [-0.25, -0.2) is 4.79 Å². The van der Waals surface area contributed by atoms with Crippen LogP contribution in [0.2, 0.25) is 0 Å². The van der Waals surface area contributed by atoms with Crippen molar-refractivity contribution < 1.29 is 14.6 Å². The number of rotatable bonds is 6. The predicted molar refractivity (Wildman–Crippen MR) is 69.0 cm³/mol. The highest BCUT2D eigenvalue weighted by atomic mass is 16.6. The van der Waals surface area contributed by atoms with Gasteiger partial charge < -0.3 is 15.2 Å². The van der Waals surface area contributed by atoms with Crippen molar-refractivity contribution in [3.63, 3.8) is 0 Å². The highest BCUT2D eigenvalue weighted by Crippen LogP contribution is 2.09. The van der Waals surface area contributed by atoms with Crippen LogP contribution in [0.25, 0.3) is 0 Å². The molecule has 1 amide bonds. The number of carbonyl (C=O) groups excluding carboxylic acids is 1. The fourth-order valence-corrected chi connectivity index (χ4v) is 1.44. The summed E-state index contributed by atoms with van der Waals surface area (Å²) in [4.78, 5) is 11.5. The first-order valence-electron chi connectivity index (χ1n) is 6.44. The molecule has 0 rings (SSSR count). The Bertz CT molecular complexity index is 223. The van der Waals surface area contributed by atoms with Crippen LogP contribution in [0.4, 0.5) is 4.79 Å². The number of aliphatic hydroxyl groups excluding tert-OH is 1. The average Bonchev–Trinajstić information content (AvgIpc) is 2.14. The van der Waals surface area contributed by atoms with Crippen LogP contribution in [0.3, 0.4) is 0 Å². The monoisotopic (exact) mass is 245 g/mol. The van der Waals surface area contributed by atoms with Crippen LogP contribution >= 0.6 is 0 Å². The van der Waals surface area contributed by atoms with Crippen molar-refractivity contribution in [2.24, 2.45) is 0 Å². The van der Waals surface area contributed by atoms with Gasteiger partial charge in [0.25, 0.3) is 0 Å². The van der Waals surface area contributed by atoms with Crippen LogP contribution in [0.1, 0.15) is 60.3 Å². The number of amides is 1. The molecule has 0 saturated carbocycles. The molecular weight excluding hydrogens is 218 g/mol. The number of alkyl carbamates (subject to hydrolysis) is 1. The van der Waals surface area contributed by atoms with Crippen molar-refractivity contribution in [3.05, 3.63) is 0 Å². The lowest BCUT2D eigenvalue weighted by atomic mass is 10.1. The van der Waals surface area contributed by atoms with Crippen molar-refractivity contribution in [1.82, 2.24) is 5.32 Å². The van der Waals surface area contributed by atoms with Gasteiger partial charge in [0.2, 0.25) is 0 Å². The quantitative estimate of drug-likeness (QED) is 0.707. The zero-order chi connectivity index (χ0) is 13.5. The van der Waals surface area contributed by atoms with Crippen LogP contribution in [0.5, 0.6) is 0 Å². The maximum atomic E-state index is 11.5. The molecule has 0 aliphatic heterocycles. The highest BCUT2D eigenvalue weighted by Gasteiger charge is 2.20. The summed E-state index contributed by atoms with van der Waals surface area (Å²) in [5.41, 5.74) is -0.503. The van der Waals surface area contributed by atoms with Gasteiger partial charge >= 0.3 is 6.09 Å². The van der Waals surface area contributed by atoms with Gasteiger partial charge in [-0.2, -0.15) is 0 Å². The molecule has 0 aliphatic carbocycles. The Kier molecular flexibility index (Phi) is 7.19. The molecule has 0 heterocycles. The minimum atomic E-state index is -0.505. The second-order valence-corrected chi connectivity index (χ2v) is 5.50. The maximum Gasteiger partial charge on any atom is 0.407 e. The van der Waals surface area contributed by atoms with Crippen LogP contribution in [-0.4, -0.2) is 28.9 Å². The summed E-state index contributed by atoms with van der Waals surface area (Å²) in [6.07, 6.45) is 2.95. The van der Waals surface area contributed by atoms with E-state index in [1.807, 2.05) is 20.8 Å². The van der Waals surface area contributed by atoms with Crippen molar-refractivity contribution in [2.45, 2.75) is 78.0 Å². The third-order valence-electron chi connectivity index (χ3n) is 2.43. The first kappa shape index (κ1) is 16.2. The van der Waals surface area contributed by atoms with E-state index in [9.17, 15) is 9.90 Å². The molecule has 2 N–H and O–H groups in total. The number of hydrogen-bond acceptors (Lipinski definition) is 3. The molecule has 2 atom stereocenters. The first-order valence-corrected chi connectivity index (χ1v) is 6.44. The van der Waals surface area contributed by atoms with Gasteiger partial charge in [-0.1, -0.05) is 26.2 Å². The summed E-state index contributed by atoms with van der Waals surface area (Å²) < 4.78 is 5.12. The van der Waals surface area contributed by atoms with Crippen LogP contribution < -0.4 is 5.32 Å². The Hall–Kier alpha value is -0.770. The fraction of sp³-hybridized carbons (Fsp3) is 0.923. The predicted octanol–water partition coefficient (Wildman–Crippen LogP) is 2.84. The number of nitrogens with one attached hydrogen (secondary N) is 1. The topological polar surface area (TPSA) is 58.6 Å². The summed E-state index contributed by atoms with van der Waals surface area (Å²) in [7, 11) is 0. The second kappa shape index (κ2) is 7.54. The Morgan fingerprint density at radius 2 is 1.94 bits per heavy atom. The Morgan fingerprint density at radius 3 is 2.41 bits per heavy atom. The average molecular weight is 245 g/mol. The lowest BCUT2D eigenvalue weighted by Crippen LogP contribution is -2.43. The second-order valence-electron chi connectivity index (χ2n) is 5.50.